The highest BCUT2D eigenvalue weighted by Crippen LogP contribution is 2.32. The number of nitrogens with zero attached hydrogens (tertiary/aromatic N) is 4. The van der Waals surface area contributed by atoms with Crippen LogP contribution in [0.4, 0.5) is 23.1 Å². The number of anilines is 2. The van der Waals surface area contributed by atoms with E-state index < -0.39 is 5.97 Å². The summed E-state index contributed by atoms with van der Waals surface area (Å²) < 4.78 is 16.4. The van der Waals surface area contributed by atoms with Crippen LogP contribution in [0.2, 0.25) is 0 Å². The van der Waals surface area contributed by atoms with Crippen molar-refractivity contribution in [2.75, 3.05) is 69.0 Å². The molecule has 41 heavy (non-hydrogen) atoms. The quantitative estimate of drug-likeness (QED) is 0.302. The predicted molar refractivity (Wildman–Crippen MR) is 159 cm³/mol. The van der Waals surface area contributed by atoms with E-state index in [9.17, 15) is 4.79 Å². The number of carbonyl (C=O) groups is 1. The van der Waals surface area contributed by atoms with E-state index in [4.69, 9.17) is 29.6 Å². The molecule has 0 saturated carbocycles. The van der Waals surface area contributed by atoms with Gasteiger partial charge < -0.3 is 29.4 Å². The molecular weight excluding hydrogens is 520 g/mol. The number of quaternary nitrogens is 1. The smallest absolute Gasteiger partial charge is 0.357 e. The van der Waals surface area contributed by atoms with Crippen molar-refractivity contribution in [3.8, 4) is 11.1 Å². The molecule has 3 N–H and O–H groups in total. The summed E-state index contributed by atoms with van der Waals surface area (Å²) in [7, 11) is 0. The zero-order chi connectivity index (χ0) is 28.8. The van der Waals surface area contributed by atoms with E-state index in [0.717, 1.165) is 48.8 Å². The van der Waals surface area contributed by atoms with Crippen LogP contribution in [0.25, 0.3) is 11.1 Å². The summed E-state index contributed by atoms with van der Waals surface area (Å²) in [5.74, 6) is 1.53. The molecule has 2 aromatic heterocycles. The average molecular weight is 560 g/mol. The van der Waals surface area contributed by atoms with Gasteiger partial charge >= 0.3 is 5.97 Å². The number of pyridine rings is 2. The number of nitrogens with two attached hydrogens (primary N) is 1. The maximum absolute atomic E-state index is 13.0. The molecular formula is C31H39N6O4+. The van der Waals surface area contributed by atoms with Crippen molar-refractivity contribution in [2.45, 2.75) is 20.8 Å². The number of hydrogen-bond donors (Lipinski definition) is 2. The highest BCUT2D eigenvalue weighted by atomic mass is 16.5. The van der Waals surface area contributed by atoms with Crippen molar-refractivity contribution in [2.24, 2.45) is 5.92 Å². The van der Waals surface area contributed by atoms with Crippen LogP contribution in [-0.4, -0.2) is 80.9 Å². The minimum atomic E-state index is -0.494. The van der Waals surface area contributed by atoms with E-state index in [1.165, 1.54) is 0 Å². The molecule has 0 spiro atoms. The number of rotatable bonds is 9. The van der Waals surface area contributed by atoms with Gasteiger partial charge in [0, 0.05) is 49.2 Å². The zero-order valence-corrected chi connectivity index (χ0v) is 24.1. The molecule has 2 saturated heterocycles. The predicted octanol–water partition coefficient (Wildman–Crippen LogP) is 3.54. The summed E-state index contributed by atoms with van der Waals surface area (Å²) in [6.07, 6.45) is 0. The first kappa shape index (κ1) is 28.7. The SMILES string of the molecule is CCOC(=O)c1cc(-c2ccc(N3CCOCC3)cc2)c(C(=N)C(C)C)c([NH2+]c2cccc(N3CCOCC3)n2)n1. The fourth-order valence-electron chi connectivity index (χ4n) is 5.08. The summed E-state index contributed by atoms with van der Waals surface area (Å²) in [6.45, 7) is 12.0. The minimum absolute atomic E-state index is 0.0589. The van der Waals surface area contributed by atoms with Crippen LogP contribution < -0.4 is 15.1 Å². The van der Waals surface area contributed by atoms with Crippen LogP contribution in [0.3, 0.4) is 0 Å². The number of ether oxygens (including phenoxy) is 3. The summed E-state index contributed by atoms with van der Waals surface area (Å²) in [4.78, 5) is 27.1. The van der Waals surface area contributed by atoms with Crippen LogP contribution in [0.5, 0.6) is 0 Å². The van der Waals surface area contributed by atoms with Gasteiger partial charge in [-0.3, -0.25) is 0 Å². The second-order valence-electron chi connectivity index (χ2n) is 10.4. The Morgan fingerprint density at radius 3 is 2.27 bits per heavy atom. The third kappa shape index (κ3) is 6.73. The Hall–Kier alpha value is -3.86. The third-order valence-electron chi connectivity index (χ3n) is 7.31. The molecule has 3 aromatic rings. The van der Waals surface area contributed by atoms with Crippen molar-refractivity contribution in [1.29, 1.82) is 5.41 Å². The van der Waals surface area contributed by atoms with E-state index in [1.807, 2.05) is 49.5 Å². The lowest BCUT2D eigenvalue weighted by molar-refractivity contribution is -0.487. The molecule has 5 rings (SSSR count). The molecule has 0 atom stereocenters. The molecule has 0 amide bonds. The van der Waals surface area contributed by atoms with Gasteiger partial charge in [0.15, 0.2) is 5.69 Å². The maximum atomic E-state index is 13.0. The van der Waals surface area contributed by atoms with Gasteiger partial charge in [-0.15, -0.1) is 0 Å². The van der Waals surface area contributed by atoms with Gasteiger partial charge in [-0.2, -0.15) is 9.97 Å². The second kappa shape index (κ2) is 13.2. The summed E-state index contributed by atoms with van der Waals surface area (Å²) >= 11 is 0. The molecule has 10 nitrogen and oxygen atoms in total. The molecule has 0 unspecified atom stereocenters. The van der Waals surface area contributed by atoms with Crippen LogP contribution in [0.15, 0.2) is 48.5 Å². The number of nitrogens with one attached hydrogen (secondary N) is 1. The number of benzene rings is 1. The summed E-state index contributed by atoms with van der Waals surface area (Å²) in [6, 6.07) is 15.9. The summed E-state index contributed by atoms with van der Waals surface area (Å²) in [5, 5.41) is 11.0. The molecule has 1 aromatic carbocycles. The van der Waals surface area contributed by atoms with Crippen molar-refractivity contribution in [3.63, 3.8) is 0 Å². The first-order chi connectivity index (χ1) is 19.9. The lowest BCUT2D eigenvalue weighted by Gasteiger charge is -2.29. The maximum Gasteiger partial charge on any atom is 0.357 e. The van der Waals surface area contributed by atoms with Crippen molar-refractivity contribution < 1.29 is 24.3 Å². The van der Waals surface area contributed by atoms with Crippen LogP contribution in [0.1, 0.15) is 36.8 Å². The number of esters is 1. The van der Waals surface area contributed by atoms with E-state index in [0.29, 0.717) is 49.3 Å². The van der Waals surface area contributed by atoms with Crippen LogP contribution in [0, 0.1) is 11.3 Å². The number of aromatic nitrogens is 2. The molecule has 10 heteroatoms. The molecule has 216 valence electrons. The Balaban J connectivity index is 1.58. The number of hydrogen-bond acceptors (Lipinski definition) is 9. The molecule has 4 heterocycles. The highest BCUT2D eigenvalue weighted by Gasteiger charge is 2.26. The first-order valence-corrected chi connectivity index (χ1v) is 14.3. The lowest BCUT2D eigenvalue weighted by Crippen LogP contribution is -2.73. The largest absolute Gasteiger partial charge is 0.461 e. The van der Waals surface area contributed by atoms with Crippen molar-refractivity contribution in [1.82, 2.24) is 9.97 Å². The molecule has 0 aliphatic carbocycles. The Kier molecular flexibility index (Phi) is 9.23. The monoisotopic (exact) mass is 559 g/mol. The Bertz CT molecular complexity index is 1370. The first-order valence-electron chi connectivity index (χ1n) is 14.3. The molecule has 2 fully saturated rings. The molecule has 2 aliphatic heterocycles. The number of carbonyl (C=O) groups excluding carboxylic acids is 1. The third-order valence-corrected chi connectivity index (χ3v) is 7.31. The molecule has 2 aliphatic rings. The van der Waals surface area contributed by atoms with E-state index in [-0.39, 0.29) is 18.2 Å². The fourth-order valence-corrected chi connectivity index (χ4v) is 5.08. The summed E-state index contributed by atoms with van der Waals surface area (Å²) in [5.41, 5.74) is 4.12. The van der Waals surface area contributed by atoms with Gasteiger partial charge in [-0.05, 0) is 42.7 Å². The standard InChI is InChI=1S/C31H38N6O4/c1-4-41-31(38)25-20-24(22-8-10-23(11-9-22)36-12-16-39-17-13-36)28(29(32)21(2)3)30(33-25)35-26-6-5-7-27(34-26)37-14-18-40-19-15-37/h5-11,20-21,32H,4,12-19H2,1-3H3,(H,33,34,35)/p+1. The fraction of sp³-hybridized carbons (Fsp3) is 0.419. The van der Waals surface area contributed by atoms with Crippen molar-refractivity contribution in [3.05, 3.63) is 59.8 Å². The minimum Gasteiger partial charge on any atom is -0.461 e. The van der Waals surface area contributed by atoms with E-state index >= 15 is 0 Å². The molecule has 0 radical (unpaired) electrons. The van der Waals surface area contributed by atoms with Crippen LogP contribution in [-0.2, 0) is 14.2 Å². The zero-order valence-electron chi connectivity index (χ0n) is 24.1. The van der Waals surface area contributed by atoms with E-state index in [2.05, 4.69) is 21.9 Å². The van der Waals surface area contributed by atoms with Gasteiger partial charge in [0.1, 0.15) is 5.82 Å². The number of morpholine rings is 2. The molecule has 0 bridgehead atoms. The van der Waals surface area contributed by atoms with E-state index in [1.54, 1.807) is 13.0 Å². The van der Waals surface area contributed by atoms with Gasteiger partial charge in [0.05, 0.1) is 38.6 Å². The lowest BCUT2D eigenvalue weighted by atomic mass is 9.91. The Labute approximate surface area is 241 Å². The van der Waals surface area contributed by atoms with Gasteiger partial charge in [0.2, 0.25) is 11.6 Å². The van der Waals surface area contributed by atoms with Gasteiger partial charge in [0.25, 0.3) is 0 Å². The van der Waals surface area contributed by atoms with Gasteiger partial charge in [-0.1, -0.05) is 32.0 Å². The Morgan fingerprint density at radius 2 is 1.63 bits per heavy atom. The normalized spacial score (nSPS) is 15.7. The average Bonchev–Trinajstić information content (AvgIpc) is 3.01. The highest BCUT2D eigenvalue weighted by molar-refractivity contribution is 6.09. The van der Waals surface area contributed by atoms with Crippen LogP contribution >= 0.6 is 0 Å². The van der Waals surface area contributed by atoms with Crippen molar-refractivity contribution >= 4 is 34.8 Å². The topological polar surface area (TPSA) is 117 Å². The van der Waals surface area contributed by atoms with Gasteiger partial charge in [-0.25, -0.2) is 10.1 Å². The second-order valence-corrected chi connectivity index (χ2v) is 10.4. The Morgan fingerprint density at radius 1 is 0.976 bits per heavy atom.